The summed E-state index contributed by atoms with van der Waals surface area (Å²) in [6.45, 7) is 7.62. The Morgan fingerprint density at radius 2 is 2.25 bits per heavy atom. The van der Waals surface area contributed by atoms with Gasteiger partial charge in [-0.1, -0.05) is 26.7 Å². The summed E-state index contributed by atoms with van der Waals surface area (Å²) in [6.07, 6.45) is 7.32. The first kappa shape index (κ1) is 15.5. The summed E-state index contributed by atoms with van der Waals surface area (Å²) in [5.41, 5.74) is 5.59. The van der Waals surface area contributed by atoms with E-state index in [-0.39, 0.29) is 0 Å². The molecular weight excluding hydrogens is 248 g/mol. The molecule has 1 fully saturated rings. The van der Waals surface area contributed by atoms with Crippen molar-refractivity contribution in [2.24, 2.45) is 17.7 Å². The topological polar surface area (TPSA) is 55.9 Å². The van der Waals surface area contributed by atoms with Gasteiger partial charge in [-0.05, 0) is 44.1 Å². The van der Waals surface area contributed by atoms with Gasteiger partial charge in [-0.15, -0.1) is 0 Å². The fraction of sp³-hybridized carbons (Fsp3) is 0.812. The number of nitrogens with zero attached hydrogens (tertiary/aromatic N) is 2. The standard InChI is InChI=1S/C16H30N4/c1-4-14-10-15(20(5-2)19-14)11-16(18-17)13-8-6-7-12(3)9-13/h10,12-13,16,18H,4-9,11,17H2,1-3H3. The summed E-state index contributed by atoms with van der Waals surface area (Å²) in [6, 6.07) is 2.63. The van der Waals surface area contributed by atoms with Gasteiger partial charge in [0.25, 0.3) is 0 Å². The SMILES string of the molecule is CCc1cc(CC(NN)C2CCCC(C)C2)n(CC)n1. The van der Waals surface area contributed by atoms with Crippen molar-refractivity contribution in [3.8, 4) is 0 Å². The second-order valence-electron chi connectivity index (χ2n) is 6.31. The lowest BCUT2D eigenvalue weighted by Crippen LogP contribution is -2.44. The van der Waals surface area contributed by atoms with Crippen LogP contribution in [0.3, 0.4) is 0 Å². The zero-order valence-electron chi connectivity index (χ0n) is 13.2. The minimum Gasteiger partial charge on any atom is -0.271 e. The van der Waals surface area contributed by atoms with Crippen molar-refractivity contribution < 1.29 is 0 Å². The van der Waals surface area contributed by atoms with Gasteiger partial charge in [0, 0.05) is 24.7 Å². The molecule has 114 valence electrons. The van der Waals surface area contributed by atoms with Crippen LogP contribution in [0.15, 0.2) is 6.07 Å². The largest absolute Gasteiger partial charge is 0.271 e. The van der Waals surface area contributed by atoms with E-state index in [0.717, 1.165) is 25.3 Å². The highest BCUT2D eigenvalue weighted by Crippen LogP contribution is 2.31. The molecule has 1 aliphatic rings. The molecule has 1 heterocycles. The van der Waals surface area contributed by atoms with Gasteiger partial charge in [-0.25, -0.2) is 0 Å². The molecule has 3 atom stereocenters. The first-order chi connectivity index (χ1) is 9.67. The molecule has 1 aromatic heterocycles. The number of aromatic nitrogens is 2. The monoisotopic (exact) mass is 278 g/mol. The Bertz CT molecular complexity index is 413. The van der Waals surface area contributed by atoms with Crippen LogP contribution in [-0.4, -0.2) is 15.8 Å². The molecule has 4 heteroatoms. The first-order valence-corrected chi connectivity index (χ1v) is 8.19. The number of rotatable bonds is 6. The van der Waals surface area contributed by atoms with E-state index in [1.807, 2.05) is 0 Å². The maximum Gasteiger partial charge on any atom is 0.0624 e. The van der Waals surface area contributed by atoms with Crippen LogP contribution in [0.2, 0.25) is 0 Å². The van der Waals surface area contributed by atoms with Gasteiger partial charge in [0.15, 0.2) is 0 Å². The van der Waals surface area contributed by atoms with E-state index >= 15 is 0 Å². The van der Waals surface area contributed by atoms with Crippen LogP contribution in [0.1, 0.15) is 57.8 Å². The average Bonchev–Trinajstić information content (AvgIpc) is 2.87. The Morgan fingerprint density at radius 3 is 2.85 bits per heavy atom. The summed E-state index contributed by atoms with van der Waals surface area (Å²) in [7, 11) is 0. The Morgan fingerprint density at radius 1 is 1.45 bits per heavy atom. The van der Waals surface area contributed by atoms with Crippen molar-refractivity contribution in [2.45, 2.75) is 71.9 Å². The summed E-state index contributed by atoms with van der Waals surface area (Å²) < 4.78 is 2.13. The average molecular weight is 278 g/mol. The predicted octanol–water partition coefficient (Wildman–Crippen LogP) is 2.67. The van der Waals surface area contributed by atoms with Crippen molar-refractivity contribution >= 4 is 0 Å². The summed E-state index contributed by atoms with van der Waals surface area (Å²) in [5, 5.41) is 4.64. The number of hydrazine groups is 1. The molecule has 0 aliphatic heterocycles. The summed E-state index contributed by atoms with van der Waals surface area (Å²) in [4.78, 5) is 0. The highest BCUT2D eigenvalue weighted by atomic mass is 15.3. The van der Waals surface area contributed by atoms with Gasteiger partial charge < -0.3 is 0 Å². The third-order valence-electron chi connectivity index (χ3n) is 4.76. The Hall–Kier alpha value is -0.870. The van der Waals surface area contributed by atoms with E-state index in [1.54, 1.807) is 0 Å². The van der Waals surface area contributed by atoms with Crippen molar-refractivity contribution in [2.75, 3.05) is 0 Å². The molecule has 0 amide bonds. The molecule has 3 N–H and O–H groups in total. The number of hydrogen-bond donors (Lipinski definition) is 2. The summed E-state index contributed by atoms with van der Waals surface area (Å²) in [5.74, 6) is 7.39. The normalized spacial score (nSPS) is 24.8. The van der Waals surface area contributed by atoms with Gasteiger partial charge in [0.05, 0.1) is 5.69 Å². The lowest BCUT2D eigenvalue weighted by molar-refractivity contribution is 0.220. The van der Waals surface area contributed by atoms with Crippen LogP contribution < -0.4 is 11.3 Å². The maximum atomic E-state index is 5.85. The third-order valence-corrected chi connectivity index (χ3v) is 4.76. The smallest absolute Gasteiger partial charge is 0.0624 e. The van der Waals surface area contributed by atoms with Crippen molar-refractivity contribution in [1.29, 1.82) is 0 Å². The van der Waals surface area contributed by atoms with E-state index in [0.29, 0.717) is 12.0 Å². The van der Waals surface area contributed by atoms with E-state index in [9.17, 15) is 0 Å². The second-order valence-corrected chi connectivity index (χ2v) is 6.31. The lowest BCUT2D eigenvalue weighted by Gasteiger charge is -2.33. The molecule has 3 unspecified atom stereocenters. The van der Waals surface area contributed by atoms with Gasteiger partial charge in [0.1, 0.15) is 0 Å². The highest BCUT2D eigenvalue weighted by molar-refractivity contribution is 5.12. The van der Waals surface area contributed by atoms with E-state index in [2.05, 4.69) is 42.0 Å². The molecule has 2 rings (SSSR count). The van der Waals surface area contributed by atoms with Crippen molar-refractivity contribution in [3.63, 3.8) is 0 Å². The molecule has 1 aliphatic carbocycles. The highest BCUT2D eigenvalue weighted by Gasteiger charge is 2.27. The quantitative estimate of drug-likeness (QED) is 0.621. The number of nitrogens with two attached hydrogens (primary N) is 1. The minimum absolute atomic E-state index is 0.379. The third kappa shape index (κ3) is 3.61. The summed E-state index contributed by atoms with van der Waals surface area (Å²) >= 11 is 0. The molecule has 1 aromatic rings. The maximum absolute atomic E-state index is 5.85. The van der Waals surface area contributed by atoms with Gasteiger partial charge >= 0.3 is 0 Å². The number of hydrogen-bond acceptors (Lipinski definition) is 3. The molecule has 1 saturated carbocycles. The van der Waals surface area contributed by atoms with Gasteiger partial charge in [-0.2, -0.15) is 5.10 Å². The molecule has 0 aromatic carbocycles. The minimum atomic E-state index is 0.379. The molecule has 20 heavy (non-hydrogen) atoms. The number of nitrogens with one attached hydrogen (secondary N) is 1. The van der Waals surface area contributed by atoms with Crippen LogP contribution in [-0.2, 0) is 19.4 Å². The Kier molecular flexibility index (Phi) is 5.61. The Balaban J connectivity index is 2.07. The molecule has 0 radical (unpaired) electrons. The van der Waals surface area contributed by atoms with Gasteiger partial charge in [-0.3, -0.25) is 16.0 Å². The van der Waals surface area contributed by atoms with Crippen LogP contribution in [0.4, 0.5) is 0 Å². The van der Waals surface area contributed by atoms with E-state index in [4.69, 9.17) is 5.84 Å². The molecule has 0 saturated heterocycles. The first-order valence-electron chi connectivity index (χ1n) is 8.19. The van der Waals surface area contributed by atoms with E-state index in [1.165, 1.54) is 37.1 Å². The fourth-order valence-corrected chi connectivity index (χ4v) is 3.56. The lowest BCUT2D eigenvalue weighted by atomic mass is 9.77. The second kappa shape index (κ2) is 7.23. The number of aryl methyl sites for hydroxylation is 2. The molecule has 0 bridgehead atoms. The zero-order valence-corrected chi connectivity index (χ0v) is 13.2. The molecule has 0 spiro atoms. The van der Waals surface area contributed by atoms with Crippen LogP contribution in [0.5, 0.6) is 0 Å². The predicted molar refractivity (Wildman–Crippen MR) is 83.2 cm³/mol. The fourth-order valence-electron chi connectivity index (χ4n) is 3.56. The van der Waals surface area contributed by atoms with Crippen LogP contribution in [0.25, 0.3) is 0 Å². The van der Waals surface area contributed by atoms with Gasteiger partial charge in [0.2, 0.25) is 0 Å². The zero-order chi connectivity index (χ0) is 14.5. The Labute approximate surface area is 123 Å². The van der Waals surface area contributed by atoms with Crippen molar-refractivity contribution in [1.82, 2.24) is 15.2 Å². The van der Waals surface area contributed by atoms with E-state index < -0.39 is 0 Å². The van der Waals surface area contributed by atoms with Crippen molar-refractivity contribution in [3.05, 3.63) is 17.5 Å². The molecular formula is C16H30N4. The molecule has 4 nitrogen and oxygen atoms in total. The van der Waals surface area contributed by atoms with Crippen LogP contribution in [0, 0.1) is 11.8 Å². The van der Waals surface area contributed by atoms with Crippen LogP contribution >= 0.6 is 0 Å².